The van der Waals surface area contributed by atoms with E-state index in [4.69, 9.17) is 9.94 Å². The summed E-state index contributed by atoms with van der Waals surface area (Å²) in [5, 5.41) is 12.6. The molecule has 94 valence electrons. The number of carboxylic acid groups (broad SMARTS) is 1. The minimum Gasteiger partial charge on any atom is -0.478 e. The van der Waals surface area contributed by atoms with Crippen molar-refractivity contribution in [2.75, 3.05) is 7.11 Å². The van der Waals surface area contributed by atoms with Crippen molar-refractivity contribution in [2.24, 2.45) is 5.16 Å². The Bertz CT molecular complexity index is 506. The quantitative estimate of drug-likeness (QED) is 0.809. The molecule has 1 unspecified atom stereocenters. The Morgan fingerprint density at radius 3 is 2.61 bits per heavy atom. The van der Waals surface area contributed by atoms with Crippen molar-refractivity contribution in [1.29, 1.82) is 0 Å². The fraction of sp³-hybridized carbons (Fsp3) is 0.250. The first kappa shape index (κ1) is 12.1. The molecule has 6 heteroatoms. The molecule has 0 aliphatic carbocycles. The Labute approximate surface area is 103 Å². The number of rotatable bonds is 3. The lowest BCUT2D eigenvalue weighted by atomic mass is 10.0. The fourth-order valence-corrected chi connectivity index (χ4v) is 1.61. The van der Waals surface area contributed by atoms with Crippen LogP contribution in [0, 0.1) is 0 Å². The highest BCUT2D eigenvalue weighted by atomic mass is 16.7. The molecule has 0 bridgehead atoms. The Kier molecular flexibility index (Phi) is 3.27. The van der Waals surface area contributed by atoms with Gasteiger partial charge in [0.15, 0.2) is 0 Å². The van der Waals surface area contributed by atoms with Gasteiger partial charge in [0.25, 0.3) is 0 Å². The smallest absolute Gasteiger partial charge is 0.350 e. The van der Waals surface area contributed by atoms with Crippen molar-refractivity contribution in [3.63, 3.8) is 0 Å². The van der Waals surface area contributed by atoms with Gasteiger partial charge in [0.05, 0.1) is 18.4 Å². The predicted molar refractivity (Wildman–Crippen MR) is 61.4 cm³/mol. The molecule has 1 aliphatic heterocycles. The molecule has 0 aromatic heterocycles. The number of methoxy groups -OCH3 is 1. The zero-order valence-electron chi connectivity index (χ0n) is 9.62. The molecule has 6 nitrogen and oxygen atoms in total. The molecule has 18 heavy (non-hydrogen) atoms. The molecular weight excluding hydrogens is 238 g/mol. The number of nitrogens with zero attached hydrogens (tertiary/aromatic N) is 1. The number of hydrogen-bond donors (Lipinski definition) is 1. The van der Waals surface area contributed by atoms with E-state index >= 15 is 0 Å². The summed E-state index contributed by atoms with van der Waals surface area (Å²) in [6, 6.07) is 6.22. The highest BCUT2D eigenvalue weighted by Crippen LogP contribution is 2.18. The summed E-state index contributed by atoms with van der Waals surface area (Å²) in [7, 11) is 1.28. The molecule has 1 atom stereocenters. The van der Waals surface area contributed by atoms with Crippen LogP contribution >= 0.6 is 0 Å². The Hall–Kier alpha value is -2.37. The third-order valence-electron chi connectivity index (χ3n) is 2.60. The van der Waals surface area contributed by atoms with Gasteiger partial charge in [-0.2, -0.15) is 0 Å². The Balaban J connectivity index is 2.10. The van der Waals surface area contributed by atoms with E-state index < -0.39 is 18.0 Å². The van der Waals surface area contributed by atoms with E-state index in [2.05, 4.69) is 9.89 Å². The summed E-state index contributed by atoms with van der Waals surface area (Å²) in [6.07, 6.45) is -0.400. The summed E-state index contributed by atoms with van der Waals surface area (Å²) in [4.78, 5) is 26.9. The molecule has 1 heterocycles. The van der Waals surface area contributed by atoms with E-state index in [0.717, 1.165) is 5.56 Å². The summed E-state index contributed by atoms with van der Waals surface area (Å²) in [5.41, 5.74) is 1.52. The van der Waals surface area contributed by atoms with Gasteiger partial charge in [-0.3, -0.25) is 0 Å². The van der Waals surface area contributed by atoms with Crippen LogP contribution in [0.25, 0.3) is 0 Å². The highest BCUT2D eigenvalue weighted by Gasteiger charge is 2.29. The standard InChI is InChI=1S/C12H11NO5/c1-17-12(16)10-6-9(13-18-10)7-2-4-8(5-3-7)11(14)15/h2-5,10H,6H2,1H3,(H,14,15). The first-order valence-corrected chi connectivity index (χ1v) is 5.26. The van der Waals surface area contributed by atoms with Crippen LogP contribution in [0.1, 0.15) is 22.3 Å². The van der Waals surface area contributed by atoms with Crippen LogP contribution in [-0.4, -0.2) is 36.0 Å². The van der Waals surface area contributed by atoms with Gasteiger partial charge in [0, 0.05) is 6.42 Å². The number of carbonyl (C=O) groups excluding carboxylic acids is 1. The van der Waals surface area contributed by atoms with Crippen molar-refractivity contribution in [1.82, 2.24) is 0 Å². The summed E-state index contributed by atoms with van der Waals surface area (Å²) in [5.74, 6) is -1.46. The van der Waals surface area contributed by atoms with Gasteiger partial charge in [-0.15, -0.1) is 0 Å². The van der Waals surface area contributed by atoms with Gasteiger partial charge in [-0.1, -0.05) is 17.3 Å². The number of oxime groups is 1. The van der Waals surface area contributed by atoms with Gasteiger partial charge in [0.2, 0.25) is 6.10 Å². The summed E-state index contributed by atoms with van der Waals surface area (Å²) < 4.78 is 4.55. The molecule has 1 aromatic carbocycles. The van der Waals surface area contributed by atoms with Crippen LogP contribution < -0.4 is 0 Å². The SMILES string of the molecule is COC(=O)C1CC(c2ccc(C(=O)O)cc2)=NO1. The Morgan fingerprint density at radius 2 is 2.06 bits per heavy atom. The van der Waals surface area contributed by atoms with Crippen molar-refractivity contribution in [3.8, 4) is 0 Å². The van der Waals surface area contributed by atoms with Crippen molar-refractivity contribution < 1.29 is 24.3 Å². The van der Waals surface area contributed by atoms with Gasteiger partial charge in [0.1, 0.15) is 0 Å². The number of hydrogen-bond acceptors (Lipinski definition) is 5. The monoisotopic (exact) mass is 249 g/mol. The van der Waals surface area contributed by atoms with Crippen molar-refractivity contribution >= 4 is 17.7 Å². The highest BCUT2D eigenvalue weighted by molar-refractivity contribution is 6.04. The van der Waals surface area contributed by atoms with Crippen LogP contribution in [0.5, 0.6) is 0 Å². The van der Waals surface area contributed by atoms with Crippen LogP contribution in [-0.2, 0) is 14.4 Å². The second kappa shape index (κ2) is 4.87. The van der Waals surface area contributed by atoms with E-state index in [1.54, 1.807) is 12.1 Å². The molecule has 1 aromatic rings. The lowest BCUT2D eigenvalue weighted by Gasteiger charge is -2.04. The molecule has 1 N–H and O–H groups in total. The molecule has 0 amide bonds. The molecule has 0 radical (unpaired) electrons. The minimum atomic E-state index is -0.987. The fourth-order valence-electron chi connectivity index (χ4n) is 1.61. The van der Waals surface area contributed by atoms with Crippen LogP contribution in [0.3, 0.4) is 0 Å². The number of aromatic carboxylic acids is 1. The normalized spacial score (nSPS) is 17.8. The largest absolute Gasteiger partial charge is 0.478 e. The molecule has 1 aliphatic rings. The van der Waals surface area contributed by atoms with E-state index in [-0.39, 0.29) is 5.56 Å². The van der Waals surface area contributed by atoms with Crippen LogP contribution in [0.4, 0.5) is 0 Å². The second-order valence-electron chi connectivity index (χ2n) is 3.74. The van der Waals surface area contributed by atoms with Crippen LogP contribution in [0.15, 0.2) is 29.4 Å². The van der Waals surface area contributed by atoms with Crippen molar-refractivity contribution in [3.05, 3.63) is 35.4 Å². The van der Waals surface area contributed by atoms with E-state index in [0.29, 0.717) is 12.1 Å². The lowest BCUT2D eigenvalue weighted by molar-refractivity contribution is -0.152. The average Bonchev–Trinajstić information content (AvgIpc) is 2.87. The van der Waals surface area contributed by atoms with Gasteiger partial charge < -0.3 is 14.7 Å². The zero-order chi connectivity index (χ0) is 13.1. The molecule has 0 saturated carbocycles. The van der Waals surface area contributed by atoms with Gasteiger partial charge >= 0.3 is 11.9 Å². The molecule has 0 fully saturated rings. The lowest BCUT2D eigenvalue weighted by Crippen LogP contribution is -2.22. The number of ether oxygens (including phenoxy) is 1. The predicted octanol–water partition coefficient (Wildman–Crippen LogP) is 1.05. The molecule has 2 rings (SSSR count). The van der Waals surface area contributed by atoms with Gasteiger partial charge in [-0.05, 0) is 17.7 Å². The first-order valence-electron chi connectivity index (χ1n) is 5.26. The number of carboxylic acids is 1. The average molecular weight is 249 g/mol. The maximum atomic E-state index is 11.2. The third kappa shape index (κ3) is 2.32. The summed E-state index contributed by atoms with van der Waals surface area (Å²) >= 11 is 0. The van der Waals surface area contributed by atoms with Gasteiger partial charge in [-0.25, -0.2) is 9.59 Å². The van der Waals surface area contributed by atoms with E-state index in [9.17, 15) is 9.59 Å². The molecule has 0 spiro atoms. The van der Waals surface area contributed by atoms with Crippen molar-refractivity contribution in [2.45, 2.75) is 12.5 Å². The molecule has 0 saturated heterocycles. The topological polar surface area (TPSA) is 85.2 Å². The van der Waals surface area contributed by atoms with E-state index in [1.165, 1.54) is 19.2 Å². The number of benzene rings is 1. The maximum absolute atomic E-state index is 11.2. The third-order valence-corrected chi connectivity index (χ3v) is 2.60. The second-order valence-corrected chi connectivity index (χ2v) is 3.74. The first-order chi connectivity index (χ1) is 8.61. The zero-order valence-corrected chi connectivity index (χ0v) is 9.62. The maximum Gasteiger partial charge on any atom is 0.350 e. The Morgan fingerprint density at radius 1 is 1.39 bits per heavy atom. The van der Waals surface area contributed by atoms with E-state index in [1.807, 2.05) is 0 Å². The summed E-state index contributed by atoms with van der Waals surface area (Å²) in [6.45, 7) is 0. The number of esters is 1. The number of carbonyl (C=O) groups is 2. The minimum absolute atomic E-state index is 0.197. The van der Waals surface area contributed by atoms with Crippen LogP contribution in [0.2, 0.25) is 0 Å². The molecular formula is C12H11NO5.